The second-order valence-electron chi connectivity index (χ2n) is 6.58. The van der Waals surface area contributed by atoms with Crippen LogP contribution in [0.15, 0.2) is 29.2 Å². The third kappa shape index (κ3) is 4.05. The molecule has 1 amide bonds. The number of aryl methyl sites for hydroxylation is 1. The molecule has 1 saturated heterocycles. The first-order valence-corrected chi connectivity index (χ1v) is 9.11. The van der Waals surface area contributed by atoms with Crippen LogP contribution in [0.5, 0.6) is 0 Å². The van der Waals surface area contributed by atoms with E-state index in [9.17, 15) is 4.79 Å². The SMILES string of the molecule is Cc1ccc(SOCC2CCC(C(=O)N3CCC3)CC2)cc1. The van der Waals surface area contributed by atoms with Crippen molar-refractivity contribution in [3.8, 4) is 0 Å². The molecule has 1 aromatic rings. The Morgan fingerprint density at radius 3 is 2.45 bits per heavy atom. The first-order valence-electron chi connectivity index (χ1n) is 8.37. The van der Waals surface area contributed by atoms with Crippen LogP contribution in [-0.2, 0) is 8.98 Å². The maximum atomic E-state index is 12.2. The van der Waals surface area contributed by atoms with Crippen LogP contribution in [0.1, 0.15) is 37.7 Å². The van der Waals surface area contributed by atoms with Crippen molar-refractivity contribution in [3.63, 3.8) is 0 Å². The van der Waals surface area contributed by atoms with Crippen LogP contribution in [0, 0.1) is 18.8 Å². The Balaban J connectivity index is 1.35. The van der Waals surface area contributed by atoms with E-state index in [0.717, 1.165) is 50.3 Å². The van der Waals surface area contributed by atoms with Gasteiger partial charge in [0.2, 0.25) is 5.91 Å². The van der Waals surface area contributed by atoms with Crippen LogP contribution in [0.4, 0.5) is 0 Å². The van der Waals surface area contributed by atoms with Gasteiger partial charge in [0.1, 0.15) is 0 Å². The molecular formula is C18H25NO2S. The summed E-state index contributed by atoms with van der Waals surface area (Å²) in [5.41, 5.74) is 1.27. The highest BCUT2D eigenvalue weighted by atomic mass is 32.2. The molecular weight excluding hydrogens is 294 g/mol. The van der Waals surface area contributed by atoms with Gasteiger partial charge in [0.15, 0.2) is 0 Å². The zero-order chi connectivity index (χ0) is 15.4. The lowest BCUT2D eigenvalue weighted by molar-refractivity contribution is -0.140. The Kier molecular flexibility index (Phi) is 5.42. The third-order valence-electron chi connectivity index (χ3n) is 4.84. The molecule has 0 spiro atoms. The summed E-state index contributed by atoms with van der Waals surface area (Å²) in [4.78, 5) is 15.4. The topological polar surface area (TPSA) is 29.5 Å². The molecule has 4 heteroatoms. The maximum Gasteiger partial charge on any atom is 0.225 e. The molecule has 0 aromatic heterocycles. The van der Waals surface area contributed by atoms with Gasteiger partial charge in [-0.05, 0) is 57.1 Å². The van der Waals surface area contributed by atoms with Gasteiger partial charge in [-0.1, -0.05) is 17.7 Å². The van der Waals surface area contributed by atoms with E-state index in [4.69, 9.17) is 4.18 Å². The molecule has 0 unspecified atom stereocenters. The molecule has 1 aliphatic heterocycles. The van der Waals surface area contributed by atoms with Crippen molar-refractivity contribution >= 4 is 17.9 Å². The Bertz CT molecular complexity index is 490. The highest BCUT2D eigenvalue weighted by molar-refractivity contribution is 7.94. The lowest BCUT2D eigenvalue weighted by atomic mass is 9.81. The number of carbonyl (C=O) groups is 1. The summed E-state index contributed by atoms with van der Waals surface area (Å²) in [6, 6.07) is 8.42. The van der Waals surface area contributed by atoms with Crippen molar-refractivity contribution < 1.29 is 8.98 Å². The summed E-state index contributed by atoms with van der Waals surface area (Å²) in [7, 11) is 0. The van der Waals surface area contributed by atoms with Gasteiger partial charge in [0.05, 0.1) is 6.61 Å². The van der Waals surface area contributed by atoms with E-state index in [1.54, 1.807) is 0 Å². The predicted octanol–water partition coefficient (Wildman–Crippen LogP) is 4.06. The van der Waals surface area contributed by atoms with Crippen molar-refractivity contribution in [1.82, 2.24) is 4.90 Å². The van der Waals surface area contributed by atoms with Crippen molar-refractivity contribution in [1.29, 1.82) is 0 Å². The molecule has 1 heterocycles. The smallest absolute Gasteiger partial charge is 0.225 e. The van der Waals surface area contributed by atoms with Crippen molar-refractivity contribution in [2.75, 3.05) is 19.7 Å². The number of nitrogens with zero attached hydrogens (tertiary/aromatic N) is 1. The molecule has 1 saturated carbocycles. The Morgan fingerprint density at radius 1 is 1.18 bits per heavy atom. The van der Waals surface area contributed by atoms with Gasteiger partial charge in [0.25, 0.3) is 0 Å². The fourth-order valence-corrected chi connectivity index (χ4v) is 3.81. The molecule has 0 radical (unpaired) electrons. The zero-order valence-corrected chi connectivity index (χ0v) is 14.1. The van der Waals surface area contributed by atoms with Gasteiger partial charge in [0, 0.05) is 35.9 Å². The molecule has 120 valence electrons. The van der Waals surface area contributed by atoms with Gasteiger partial charge in [-0.2, -0.15) is 0 Å². The second kappa shape index (κ2) is 7.51. The molecule has 2 fully saturated rings. The quantitative estimate of drug-likeness (QED) is 0.767. The molecule has 3 nitrogen and oxygen atoms in total. The molecule has 2 aliphatic rings. The second-order valence-corrected chi connectivity index (χ2v) is 7.45. The first kappa shape index (κ1) is 15.9. The monoisotopic (exact) mass is 319 g/mol. The summed E-state index contributed by atoms with van der Waals surface area (Å²) in [5.74, 6) is 1.29. The minimum atomic E-state index is 0.279. The number of carbonyl (C=O) groups excluding carboxylic acids is 1. The Labute approximate surface area is 137 Å². The highest BCUT2D eigenvalue weighted by Crippen LogP contribution is 2.32. The Morgan fingerprint density at radius 2 is 1.86 bits per heavy atom. The van der Waals surface area contributed by atoms with Gasteiger partial charge >= 0.3 is 0 Å². The van der Waals surface area contributed by atoms with E-state index in [-0.39, 0.29) is 5.92 Å². The normalized spacial score (nSPS) is 24.9. The molecule has 0 bridgehead atoms. The minimum Gasteiger partial charge on any atom is -0.342 e. The largest absolute Gasteiger partial charge is 0.342 e. The third-order valence-corrected chi connectivity index (χ3v) is 5.56. The number of benzene rings is 1. The average Bonchev–Trinajstić information content (AvgIpc) is 2.48. The number of likely N-dealkylation sites (tertiary alicyclic amines) is 1. The van der Waals surface area contributed by atoms with E-state index in [2.05, 4.69) is 31.2 Å². The fraction of sp³-hybridized carbons (Fsp3) is 0.611. The number of rotatable bonds is 5. The van der Waals surface area contributed by atoms with Crippen LogP contribution >= 0.6 is 12.0 Å². The number of amides is 1. The Hall–Kier alpha value is -1.00. The van der Waals surface area contributed by atoms with Crippen molar-refractivity contribution in [3.05, 3.63) is 29.8 Å². The summed E-state index contributed by atoms with van der Waals surface area (Å²) < 4.78 is 5.80. The van der Waals surface area contributed by atoms with Gasteiger partial charge in [-0.15, -0.1) is 0 Å². The van der Waals surface area contributed by atoms with E-state index in [1.807, 2.05) is 4.90 Å². The minimum absolute atomic E-state index is 0.279. The van der Waals surface area contributed by atoms with Crippen molar-refractivity contribution in [2.24, 2.45) is 11.8 Å². The van der Waals surface area contributed by atoms with E-state index < -0.39 is 0 Å². The number of hydrogen-bond acceptors (Lipinski definition) is 3. The van der Waals surface area contributed by atoms with E-state index in [1.165, 1.54) is 24.0 Å². The lowest BCUT2D eigenvalue weighted by Crippen LogP contribution is -2.46. The van der Waals surface area contributed by atoms with E-state index >= 15 is 0 Å². The van der Waals surface area contributed by atoms with Crippen molar-refractivity contribution in [2.45, 2.75) is 43.9 Å². The van der Waals surface area contributed by atoms with E-state index in [0.29, 0.717) is 11.8 Å². The standard InChI is InChI=1S/C18H25NO2S/c1-14-3-9-17(10-4-14)22-21-13-15-5-7-16(8-6-15)18(20)19-11-2-12-19/h3-4,9-10,15-16H,2,5-8,11-13H2,1H3. The van der Waals surface area contributed by atoms with Crippen LogP contribution < -0.4 is 0 Å². The first-order chi connectivity index (χ1) is 10.7. The summed E-state index contributed by atoms with van der Waals surface area (Å²) in [5, 5.41) is 0. The average molecular weight is 319 g/mol. The highest BCUT2D eigenvalue weighted by Gasteiger charge is 2.31. The molecule has 1 aliphatic carbocycles. The van der Waals surface area contributed by atoms with Gasteiger partial charge in [-0.25, -0.2) is 0 Å². The maximum absolute atomic E-state index is 12.2. The fourth-order valence-electron chi connectivity index (χ4n) is 3.16. The molecule has 0 atom stereocenters. The summed E-state index contributed by atoms with van der Waals surface area (Å²) in [6.45, 7) is 4.85. The molecule has 1 aromatic carbocycles. The number of hydrogen-bond donors (Lipinski definition) is 0. The molecule has 0 N–H and O–H groups in total. The van der Waals surface area contributed by atoms with Crippen LogP contribution in [-0.4, -0.2) is 30.5 Å². The predicted molar refractivity (Wildman–Crippen MR) is 89.6 cm³/mol. The summed E-state index contributed by atoms with van der Waals surface area (Å²) >= 11 is 1.47. The van der Waals surface area contributed by atoms with Crippen LogP contribution in [0.25, 0.3) is 0 Å². The zero-order valence-electron chi connectivity index (χ0n) is 13.3. The molecule has 3 rings (SSSR count). The van der Waals surface area contributed by atoms with Gasteiger partial charge in [-0.3, -0.25) is 4.79 Å². The van der Waals surface area contributed by atoms with Gasteiger partial charge < -0.3 is 9.08 Å². The molecule has 22 heavy (non-hydrogen) atoms. The van der Waals surface area contributed by atoms with Crippen LogP contribution in [0.2, 0.25) is 0 Å². The van der Waals surface area contributed by atoms with Crippen LogP contribution in [0.3, 0.4) is 0 Å². The summed E-state index contributed by atoms with van der Waals surface area (Å²) in [6.07, 6.45) is 5.51. The lowest BCUT2D eigenvalue weighted by Gasteiger charge is -2.36.